The van der Waals surface area contributed by atoms with Gasteiger partial charge in [-0.15, -0.1) is 0 Å². The number of rotatable bonds is 7. The molecule has 7 heteroatoms. The molecule has 0 radical (unpaired) electrons. The Labute approximate surface area is 205 Å². The van der Waals surface area contributed by atoms with Crippen LogP contribution in [0.5, 0.6) is 0 Å². The van der Waals surface area contributed by atoms with Gasteiger partial charge in [0.15, 0.2) is 0 Å². The summed E-state index contributed by atoms with van der Waals surface area (Å²) in [6, 6.07) is 23.9. The van der Waals surface area contributed by atoms with E-state index in [1.54, 1.807) is 29.2 Å². The van der Waals surface area contributed by atoms with Crippen molar-refractivity contribution in [2.75, 3.05) is 21.7 Å². The third kappa shape index (κ3) is 5.04. The van der Waals surface area contributed by atoms with E-state index in [1.165, 1.54) is 0 Å². The maximum atomic E-state index is 13.6. The second kappa shape index (κ2) is 10.4. The smallest absolute Gasteiger partial charge is 0.322 e. The molecule has 2 N–H and O–H groups in total. The van der Waals surface area contributed by atoms with E-state index in [2.05, 4.69) is 5.32 Å². The lowest BCUT2D eigenvalue weighted by molar-refractivity contribution is -0.135. The lowest BCUT2D eigenvalue weighted by Crippen LogP contribution is -2.47. The van der Waals surface area contributed by atoms with Crippen LogP contribution in [-0.2, 0) is 9.59 Å². The molecule has 0 fully saturated rings. The molecule has 2 unspecified atom stereocenters. The average molecular weight is 472 g/mol. The van der Waals surface area contributed by atoms with E-state index in [1.807, 2.05) is 73.3 Å². The molecule has 3 aromatic carbocycles. The first kappa shape index (κ1) is 24.0. The Balaban J connectivity index is 1.68. The fourth-order valence-electron chi connectivity index (χ4n) is 4.64. The first-order valence-corrected chi connectivity index (χ1v) is 11.8. The Hall–Kier alpha value is -4.13. The number of fused-ring (bicyclic) bond motifs is 1. The summed E-state index contributed by atoms with van der Waals surface area (Å²) in [6.45, 7) is 3.67. The summed E-state index contributed by atoms with van der Waals surface area (Å²) in [4.78, 5) is 41.2. The number of nitrogens with one attached hydrogen (secondary N) is 1. The Kier molecular flexibility index (Phi) is 7.15. The van der Waals surface area contributed by atoms with Crippen molar-refractivity contribution < 1.29 is 19.5 Å². The third-order valence-electron chi connectivity index (χ3n) is 6.27. The summed E-state index contributed by atoms with van der Waals surface area (Å²) in [5.74, 6) is -1.06. The van der Waals surface area contributed by atoms with E-state index in [-0.39, 0.29) is 30.4 Å². The molecule has 2 atom stereocenters. The number of nitrogens with zero attached hydrogens (tertiary/aromatic N) is 2. The number of hydrogen-bond donors (Lipinski definition) is 2. The van der Waals surface area contributed by atoms with Gasteiger partial charge in [-0.2, -0.15) is 0 Å². The lowest BCUT2D eigenvalue weighted by atomic mass is 9.89. The molecule has 1 aliphatic rings. The number of para-hydroxylation sites is 2. The van der Waals surface area contributed by atoms with E-state index >= 15 is 0 Å². The first-order chi connectivity index (χ1) is 16.9. The van der Waals surface area contributed by atoms with Crippen molar-refractivity contribution in [3.63, 3.8) is 0 Å². The molecule has 0 bridgehead atoms. The minimum atomic E-state index is -0.954. The fraction of sp³-hybridized carbons (Fsp3) is 0.250. The van der Waals surface area contributed by atoms with Gasteiger partial charge in [0.1, 0.15) is 6.54 Å². The molecule has 2 amide bonds. The van der Waals surface area contributed by atoms with Gasteiger partial charge in [0.2, 0.25) is 5.91 Å². The summed E-state index contributed by atoms with van der Waals surface area (Å²) >= 11 is 0. The Morgan fingerprint density at radius 1 is 0.971 bits per heavy atom. The van der Waals surface area contributed by atoms with E-state index < -0.39 is 5.97 Å². The molecule has 4 rings (SSSR count). The number of amides is 2. The van der Waals surface area contributed by atoms with Gasteiger partial charge >= 0.3 is 5.97 Å². The number of aliphatic carboxylic acids is 1. The molecular formula is C28H29N3O4. The summed E-state index contributed by atoms with van der Waals surface area (Å²) in [6.07, 6.45) is 0.981. The topological polar surface area (TPSA) is 90.0 Å². The highest BCUT2D eigenvalue weighted by atomic mass is 16.4. The van der Waals surface area contributed by atoms with Crippen LogP contribution in [0.2, 0.25) is 0 Å². The zero-order chi connectivity index (χ0) is 24.9. The average Bonchev–Trinajstić information content (AvgIpc) is 2.88. The molecule has 0 spiro atoms. The van der Waals surface area contributed by atoms with Crippen molar-refractivity contribution in [1.82, 2.24) is 0 Å². The predicted molar refractivity (Wildman–Crippen MR) is 137 cm³/mol. The highest BCUT2D eigenvalue weighted by Gasteiger charge is 2.38. The van der Waals surface area contributed by atoms with E-state index in [4.69, 9.17) is 5.11 Å². The highest BCUT2D eigenvalue weighted by molar-refractivity contribution is 6.07. The van der Waals surface area contributed by atoms with Gasteiger partial charge in [-0.05, 0) is 61.4 Å². The van der Waals surface area contributed by atoms with Crippen molar-refractivity contribution >= 4 is 34.8 Å². The predicted octanol–water partition coefficient (Wildman–Crippen LogP) is 5.11. The maximum Gasteiger partial charge on any atom is 0.322 e. The van der Waals surface area contributed by atoms with Crippen LogP contribution in [0.1, 0.15) is 48.7 Å². The number of carboxylic acids is 1. The molecular weight excluding hydrogens is 442 g/mol. The molecule has 3 aromatic rings. The minimum Gasteiger partial charge on any atom is -0.480 e. The standard InChI is InChI=1S/C28H29N3O4/c1-3-26(32)31(22-9-5-4-6-10-22)25-17-19(2)30(24-12-8-7-11-23(24)25)28(35)20-13-15-21(16-14-20)29-18-27(33)34/h4-16,19,25,29H,3,17-18H2,1-2H3,(H,33,34). The summed E-state index contributed by atoms with van der Waals surface area (Å²) < 4.78 is 0. The van der Waals surface area contributed by atoms with Crippen LogP contribution in [0.3, 0.4) is 0 Å². The van der Waals surface area contributed by atoms with Gasteiger partial charge in [0, 0.05) is 35.1 Å². The van der Waals surface area contributed by atoms with Crippen LogP contribution < -0.4 is 15.1 Å². The number of benzene rings is 3. The van der Waals surface area contributed by atoms with Gasteiger partial charge in [0.25, 0.3) is 5.91 Å². The quantitative estimate of drug-likeness (QED) is 0.500. The molecule has 180 valence electrons. The van der Waals surface area contributed by atoms with Crippen LogP contribution in [0, 0.1) is 0 Å². The Morgan fingerprint density at radius 3 is 2.29 bits per heavy atom. The highest BCUT2D eigenvalue weighted by Crippen LogP contribution is 2.42. The zero-order valence-corrected chi connectivity index (χ0v) is 19.8. The van der Waals surface area contributed by atoms with Crippen LogP contribution in [0.25, 0.3) is 0 Å². The van der Waals surface area contributed by atoms with Crippen molar-refractivity contribution in [2.24, 2.45) is 0 Å². The van der Waals surface area contributed by atoms with Gasteiger partial charge in [-0.3, -0.25) is 14.4 Å². The normalized spacial score (nSPS) is 16.8. The minimum absolute atomic E-state index is 0.0347. The molecule has 0 saturated heterocycles. The zero-order valence-electron chi connectivity index (χ0n) is 19.8. The number of anilines is 3. The van der Waals surface area contributed by atoms with Gasteiger partial charge < -0.3 is 20.2 Å². The second-order valence-electron chi connectivity index (χ2n) is 8.61. The molecule has 35 heavy (non-hydrogen) atoms. The molecule has 0 aromatic heterocycles. The first-order valence-electron chi connectivity index (χ1n) is 11.8. The number of carboxylic acid groups (broad SMARTS) is 1. The fourth-order valence-corrected chi connectivity index (χ4v) is 4.64. The van der Waals surface area contributed by atoms with Crippen molar-refractivity contribution in [2.45, 2.75) is 38.8 Å². The van der Waals surface area contributed by atoms with Crippen molar-refractivity contribution in [1.29, 1.82) is 0 Å². The SMILES string of the molecule is CCC(=O)N(c1ccccc1)C1CC(C)N(C(=O)c2ccc(NCC(=O)O)cc2)c2ccccc21. The van der Waals surface area contributed by atoms with E-state index in [9.17, 15) is 14.4 Å². The van der Waals surface area contributed by atoms with Gasteiger partial charge in [0.05, 0.1) is 6.04 Å². The number of carbonyl (C=O) groups is 3. The van der Waals surface area contributed by atoms with E-state index in [0.29, 0.717) is 24.1 Å². The number of carbonyl (C=O) groups excluding carboxylic acids is 2. The summed E-state index contributed by atoms with van der Waals surface area (Å²) in [5, 5.41) is 11.6. The second-order valence-corrected chi connectivity index (χ2v) is 8.61. The van der Waals surface area contributed by atoms with Crippen molar-refractivity contribution in [3.05, 3.63) is 90.0 Å². The number of hydrogen-bond acceptors (Lipinski definition) is 4. The van der Waals surface area contributed by atoms with Gasteiger partial charge in [-0.1, -0.05) is 43.3 Å². The Morgan fingerprint density at radius 2 is 1.63 bits per heavy atom. The third-order valence-corrected chi connectivity index (χ3v) is 6.27. The molecule has 7 nitrogen and oxygen atoms in total. The monoisotopic (exact) mass is 471 g/mol. The van der Waals surface area contributed by atoms with Crippen LogP contribution >= 0.6 is 0 Å². The summed E-state index contributed by atoms with van der Waals surface area (Å²) in [7, 11) is 0. The van der Waals surface area contributed by atoms with Gasteiger partial charge in [-0.25, -0.2) is 0 Å². The largest absolute Gasteiger partial charge is 0.480 e. The summed E-state index contributed by atoms with van der Waals surface area (Å²) in [5.41, 5.74) is 3.71. The lowest BCUT2D eigenvalue weighted by Gasteiger charge is -2.43. The molecule has 1 heterocycles. The maximum absolute atomic E-state index is 13.6. The van der Waals surface area contributed by atoms with Crippen LogP contribution in [0.15, 0.2) is 78.9 Å². The molecule has 0 aliphatic carbocycles. The van der Waals surface area contributed by atoms with Crippen molar-refractivity contribution in [3.8, 4) is 0 Å². The van der Waals surface area contributed by atoms with E-state index in [0.717, 1.165) is 16.9 Å². The van der Waals surface area contributed by atoms with Crippen LogP contribution in [-0.4, -0.2) is 35.5 Å². The molecule has 0 saturated carbocycles. The van der Waals surface area contributed by atoms with Crippen LogP contribution in [0.4, 0.5) is 17.1 Å². The Bertz CT molecular complexity index is 1210. The molecule has 1 aliphatic heterocycles.